The predicted octanol–water partition coefficient (Wildman–Crippen LogP) is 0.209. The van der Waals surface area contributed by atoms with Crippen LogP contribution in [0.25, 0.3) is 0 Å². The number of aliphatic hydroxyl groups excluding tert-OH is 3. The highest BCUT2D eigenvalue weighted by atomic mass is 16.4. The van der Waals surface area contributed by atoms with Gasteiger partial charge in [0.05, 0.1) is 12.2 Å². The molecular weight excluding hydrogens is 284 g/mol. The van der Waals surface area contributed by atoms with E-state index in [4.69, 9.17) is 6.42 Å². The van der Waals surface area contributed by atoms with Crippen molar-refractivity contribution in [3.8, 4) is 12.3 Å². The van der Waals surface area contributed by atoms with Crippen LogP contribution in [0.1, 0.15) is 57.8 Å². The quantitative estimate of drug-likeness (QED) is 0.395. The molecule has 0 spiro atoms. The molecule has 0 saturated heterocycles. The molecule has 0 heterocycles. The second-order valence-electron chi connectivity index (χ2n) is 6.28. The molecule has 0 aromatic carbocycles. The molecule has 5 heteroatoms. The molecule has 1 saturated carbocycles. The molecular formula is C17H27O5-. The normalized spacial score (nSPS) is 29.2. The molecule has 5 nitrogen and oxygen atoms in total. The Morgan fingerprint density at radius 3 is 2.32 bits per heavy atom. The first-order valence-electron chi connectivity index (χ1n) is 8.15. The van der Waals surface area contributed by atoms with E-state index in [1.807, 2.05) is 0 Å². The smallest absolute Gasteiger partial charge is 0.114 e. The maximum absolute atomic E-state index is 10.3. The number of aliphatic hydroxyl groups is 3. The Morgan fingerprint density at radius 2 is 1.73 bits per heavy atom. The van der Waals surface area contributed by atoms with E-state index < -0.39 is 24.3 Å². The summed E-state index contributed by atoms with van der Waals surface area (Å²) < 4.78 is 0. The fourth-order valence-electron chi connectivity index (χ4n) is 3.42. The van der Waals surface area contributed by atoms with Crippen molar-refractivity contribution in [2.75, 3.05) is 0 Å². The van der Waals surface area contributed by atoms with Gasteiger partial charge in [-0.25, -0.2) is 0 Å². The van der Waals surface area contributed by atoms with Gasteiger partial charge < -0.3 is 25.2 Å². The second kappa shape index (κ2) is 9.83. The monoisotopic (exact) mass is 311 g/mol. The standard InChI is InChI=1S/C17H28O5/c1-2-12(18)9-10-14-13(15(19)11-16(14)20)7-5-3-4-6-8-17(21)22/h1,12-16,18-20H,3-11H2,(H,21,22)/p-1/t12-,13+,14+,15-,16+/m0/s1. The van der Waals surface area contributed by atoms with Gasteiger partial charge in [-0.3, -0.25) is 0 Å². The summed E-state index contributed by atoms with van der Waals surface area (Å²) in [7, 11) is 0. The summed E-state index contributed by atoms with van der Waals surface area (Å²) in [6.45, 7) is 0. The van der Waals surface area contributed by atoms with Gasteiger partial charge in [0.1, 0.15) is 6.10 Å². The fourth-order valence-corrected chi connectivity index (χ4v) is 3.42. The Hall–Kier alpha value is -1.09. The van der Waals surface area contributed by atoms with E-state index >= 15 is 0 Å². The van der Waals surface area contributed by atoms with E-state index in [0.29, 0.717) is 25.7 Å². The predicted molar refractivity (Wildman–Crippen MR) is 80.4 cm³/mol. The van der Waals surface area contributed by atoms with E-state index in [-0.39, 0.29) is 18.3 Å². The van der Waals surface area contributed by atoms with Gasteiger partial charge in [-0.05, 0) is 50.4 Å². The lowest BCUT2D eigenvalue weighted by atomic mass is 9.85. The molecule has 1 fully saturated rings. The summed E-state index contributed by atoms with van der Waals surface area (Å²) in [5, 5.41) is 39.9. The minimum absolute atomic E-state index is 0.0266. The molecule has 1 rings (SSSR count). The van der Waals surface area contributed by atoms with Crippen LogP contribution in [0.3, 0.4) is 0 Å². The zero-order valence-corrected chi connectivity index (χ0v) is 13.0. The number of unbranched alkanes of at least 4 members (excludes halogenated alkanes) is 3. The Bertz CT molecular complexity index is 376. The molecule has 3 N–H and O–H groups in total. The van der Waals surface area contributed by atoms with Crippen LogP contribution in [0.5, 0.6) is 0 Å². The van der Waals surface area contributed by atoms with Gasteiger partial charge in [-0.15, -0.1) is 6.42 Å². The summed E-state index contributed by atoms with van der Waals surface area (Å²) in [5.74, 6) is 1.25. The molecule has 1 aliphatic carbocycles. The van der Waals surface area contributed by atoms with Crippen molar-refractivity contribution in [3.05, 3.63) is 0 Å². The van der Waals surface area contributed by atoms with E-state index in [2.05, 4.69) is 5.92 Å². The zero-order chi connectivity index (χ0) is 16.5. The molecule has 1 aliphatic rings. The first kappa shape index (κ1) is 19.0. The topological polar surface area (TPSA) is 101 Å². The van der Waals surface area contributed by atoms with Gasteiger partial charge in [0.2, 0.25) is 0 Å². The van der Waals surface area contributed by atoms with Crippen LogP contribution in [-0.2, 0) is 4.79 Å². The number of aliphatic carboxylic acids is 1. The molecule has 0 amide bonds. The number of rotatable bonds is 10. The number of terminal acetylenes is 1. The van der Waals surface area contributed by atoms with Gasteiger partial charge >= 0.3 is 0 Å². The Kier molecular flexibility index (Phi) is 8.47. The first-order valence-corrected chi connectivity index (χ1v) is 8.15. The van der Waals surface area contributed by atoms with Crippen LogP contribution in [0.15, 0.2) is 0 Å². The van der Waals surface area contributed by atoms with Crippen molar-refractivity contribution in [1.29, 1.82) is 0 Å². The number of carbonyl (C=O) groups excluding carboxylic acids is 1. The van der Waals surface area contributed by atoms with Crippen LogP contribution >= 0.6 is 0 Å². The van der Waals surface area contributed by atoms with Crippen molar-refractivity contribution >= 4 is 5.97 Å². The summed E-state index contributed by atoms with van der Waals surface area (Å²) >= 11 is 0. The Labute approximate surface area is 132 Å². The first-order chi connectivity index (χ1) is 10.5. The Balaban J connectivity index is 2.31. The molecule has 0 bridgehead atoms. The van der Waals surface area contributed by atoms with Crippen LogP contribution in [-0.4, -0.2) is 39.6 Å². The molecule has 0 aromatic rings. The van der Waals surface area contributed by atoms with Gasteiger partial charge in [-0.2, -0.15) is 0 Å². The van der Waals surface area contributed by atoms with E-state index in [1.54, 1.807) is 0 Å². The summed E-state index contributed by atoms with van der Waals surface area (Å²) in [4.78, 5) is 10.3. The maximum atomic E-state index is 10.3. The van der Waals surface area contributed by atoms with Crippen molar-refractivity contribution in [3.63, 3.8) is 0 Å². The van der Waals surface area contributed by atoms with Crippen LogP contribution < -0.4 is 5.11 Å². The number of hydrogen-bond donors (Lipinski definition) is 3. The SMILES string of the molecule is C#C[C@H](O)CC[C@@H]1[C@@H](CCCCCCC(=O)[O-])[C@@H](O)C[C@H]1O. The number of carboxylic acids is 1. The lowest BCUT2D eigenvalue weighted by Crippen LogP contribution is -2.23. The van der Waals surface area contributed by atoms with E-state index in [0.717, 1.165) is 25.7 Å². The molecule has 0 unspecified atom stereocenters. The molecule has 5 atom stereocenters. The molecule has 0 aromatic heterocycles. The number of carbonyl (C=O) groups is 1. The van der Waals surface area contributed by atoms with Gasteiger partial charge in [0.25, 0.3) is 0 Å². The van der Waals surface area contributed by atoms with Crippen molar-refractivity contribution in [2.45, 2.75) is 76.1 Å². The average molecular weight is 311 g/mol. The van der Waals surface area contributed by atoms with Gasteiger partial charge in [-0.1, -0.05) is 25.2 Å². The third kappa shape index (κ3) is 6.35. The lowest BCUT2D eigenvalue weighted by Gasteiger charge is -2.24. The maximum Gasteiger partial charge on any atom is 0.114 e. The lowest BCUT2D eigenvalue weighted by molar-refractivity contribution is -0.305. The highest BCUT2D eigenvalue weighted by Crippen LogP contribution is 2.39. The average Bonchev–Trinajstić information content (AvgIpc) is 2.73. The van der Waals surface area contributed by atoms with Gasteiger partial charge in [0, 0.05) is 5.97 Å². The third-order valence-electron chi connectivity index (χ3n) is 4.66. The number of hydrogen-bond acceptors (Lipinski definition) is 5. The van der Waals surface area contributed by atoms with E-state index in [1.165, 1.54) is 0 Å². The second-order valence-corrected chi connectivity index (χ2v) is 6.28. The molecule has 126 valence electrons. The van der Waals surface area contributed by atoms with Gasteiger partial charge in [0.15, 0.2) is 0 Å². The summed E-state index contributed by atoms with van der Waals surface area (Å²) in [6, 6.07) is 0. The summed E-state index contributed by atoms with van der Waals surface area (Å²) in [5.41, 5.74) is 0. The zero-order valence-electron chi connectivity index (χ0n) is 13.0. The summed E-state index contributed by atoms with van der Waals surface area (Å²) in [6.07, 6.45) is 8.89. The third-order valence-corrected chi connectivity index (χ3v) is 4.66. The van der Waals surface area contributed by atoms with E-state index in [9.17, 15) is 25.2 Å². The highest BCUT2D eigenvalue weighted by molar-refractivity contribution is 5.63. The van der Waals surface area contributed by atoms with Crippen LogP contribution in [0, 0.1) is 24.2 Å². The Morgan fingerprint density at radius 1 is 1.14 bits per heavy atom. The molecule has 0 aliphatic heterocycles. The minimum Gasteiger partial charge on any atom is -0.550 e. The molecule has 22 heavy (non-hydrogen) atoms. The molecule has 0 radical (unpaired) electrons. The highest BCUT2D eigenvalue weighted by Gasteiger charge is 2.40. The van der Waals surface area contributed by atoms with Crippen molar-refractivity contribution in [1.82, 2.24) is 0 Å². The van der Waals surface area contributed by atoms with Crippen LogP contribution in [0.2, 0.25) is 0 Å². The number of carboxylic acid groups (broad SMARTS) is 1. The van der Waals surface area contributed by atoms with Crippen molar-refractivity contribution in [2.24, 2.45) is 11.8 Å². The fraction of sp³-hybridized carbons (Fsp3) is 0.824. The van der Waals surface area contributed by atoms with Crippen LogP contribution in [0.4, 0.5) is 0 Å². The largest absolute Gasteiger partial charge is 0.550 e. The van der Waals surface area contributed by atoms with Crippen molar-refractivity contribution < 1.29 is 25.2 Å². The minimum atomic E-state index is -1.01.